The van der Waals surface area contributed by atoms with Crippen LogP contribution in [0.5, 0.6) is 0 Å². The van der Waals surface area contributed by atoms with Crippen molar-refractivity contribution in [1.82, 2.24) is 10.2 Å². The molecule has 0 aromatic heterocycles. The molecule has 0 heterocycles. The summed E-state index contributed by atoms with van der Waals surface area (Å²) in [5.41, 5.74) is 5.32. The molecule has 0 aliphatic rings. The van der Waals surface area contributed by atoms with Gasteiger partial charge in [0, 0.05) is 20.0 Å². The number of amides is 2. The van der Waals surface area contributed by atoms with Gasteiger partial charge in [-0.2, -0.15) is 0 Å². The van der Waals surface area contributed by atoms with E-state index >= 15 is 0 Å². The third-order valence-corrected chi connectivity index (χ3v) is 1.96. The molecule has 0 spiro atoms. The minimum Gasteiger partial charge on any atom is -0.347 e. The Morgan fingerprint density at radius 1 is 1.43 bits per heavy atom. The first kappa shape index (κ1) is 12.9. The Bertz CT molecular complexity index is 204. The second-order valence-corrected chi connectivity index (χ2v) is 3.48. The lowest BCUT2D eigenvalue weighted by molar-refractivity contribution is -0.132. The van der Waals surface area contributed by atoms with Crippen molar-refractivity contribution in [2.75, 3.05) is 27.2 Å². The van der Waals surface area contributed by atoms with E-state index in [1.54, 1.807) is 21.0 Å². The van der Waals surface area contributed by atoms with Gasteiger partial charge in [-0.05, 0) is 13.0 Å². The lowest BCUT2D eigenvalue weighted by atomic mass is 10.1. The second kappa shape index (κ2) is 6.37. The number of hydrogen-bond acceptors (Lipinski definition) is 3. The number of nitrogens with two attached hydrogens (primary N) is 1. The molecule has 0 saturated carbocycles. The molecule has 0 saturated heterocycles. The summed E-state index contributed by atoms with van der Waals surface area (Å²) in [7, 11) is 3.30. The highest BCUT2D eigenvalue weighted by Crippen LogP contribution is 1.98. The van der Waals surface area contributed by atoms with E-state index in [9.17, 15) is 9.59 Å². The van der Waals surface area contributed by atoms with Crippen LogP contribution in [0.2, 0.25) is 0 Å². The van der Waals surface area contributed by atoms with E-state index in [-0.39, 0.29) is 24.3 Å². The van der Waals surface area contributed by atoms with Crippen LogP contribution in [0.4, 0.5) is 0 Å². The largest absolute Gasteiger partial charge is 0.347 e. The number of hydrogen-bond donors (Lipinski definition) is 2. The van der Waals surface area contributed by atoms with Crippen molar-refractivity contribution in [2.24, 2.45) is 11.7 Å². The first-order chi connectivity index (χ1) is 6.49. The maximum Gasteiger partial charge on any atom is 0.241 e. The van der Waals surface area contributed by atoms with Gasteiger partial charge in [-0.15, -0.1) is 0 Å². The predicted octanol–water partition coefficient (Wildman–Crippen LogP) is -0.824. The van der Waals surface area contributed by atoms with E-state index in [0.29, 0.717) is 13.0 Å². The number of carbonyl (C=O) groups is 2. The summed E-state index contributed by atoms with van der Waals surface area (Å²) >= 11 is 0. The molecule has 1 atom stereocenters. The van der Waals surface area contributed by atoms with Gasteiger partial charge in [0.15, 0.2) is 0 Å². The molecule has 82 valence electrons. The average molecular weight is 201 g/mol. The van der Waals surface area contributed by atoms with Gasteiger partial charge in [0.05, 0.1) is 6.54 Å². The van der Waals surface area contributed by atoms with Crippen molar-refractivity contribution in [1.29, 1.82) is 0 Å². The van der Waals surface area contributed by atoms with E-state index in [1.807, 2.05) is 0 Å². The third kappa shape index (κ3) is 4.81. The molecule has 14 heavy (non-hydrogen) atoms. The van der Waals surface area contributed by atoms with Crippen LogP contribution in [0.25, 0.3) is 0 Å². The maximum absolute atomic E-state index is 11.3. The number of rotatable bonds is 5. The summed E-state index contributed by atoms with van der Waals surface area (Å²) in [6.45, 7) is 2.33. The summed E-state index contributed by atoms with van der Waals surface area (Å²) in [5.74, 6) is -0.362. The molecule has 3 N–H and O–H groups in total. The Labute approximate surface area is 84.6 Å². The van der Waals surface area contributed by atoms with Gasteiger partial charge in [0.25, 0.3) is 0 Å². The Morgan fingerprint density at radius 2 is 2.00 bits per heavy atom. The van der Waals surface area contributed by atoms with Crippen LogP contribution in [0.15, 0.2) is 0 Å². The quantitative estimate of drug-likeness (QED) is 0.610. The Kier molecular flexibility index (Phi) is 5.87. The van der Waals surface area contributed by atoms with E-state index in [0.717, 1.165) is 0 Å². The van der Waals surface area contributed by atoms with Gasteiger partial charge < -0.3 is 16.0 Å². The molecule has 0 aliphatic heterocycles. The molecule has 1 unspecified atom stereocenters. The summed E-state index contributed by atoms with van der Waals surface area (Å²) in [5, 5.41) is 2.56. The minimum atomic E-state index is -0.130. The zero-order valence-electron chi connectivity index (χ0n) is 9.04. The van der Waals surface area contributed by atoms with Gasteiger partial charge >= 0.3 is 0 Å². The van der Waals surface area contributed by atoms with E-state index in [1.165, 1.54) is 4.90 Å². The normalized spacial score (nSPS) is 12.0. The second-order valence-electron chi connectivity index (χ2n) is 3.48. The van der Waals surface area contributed by atoms with Crippen LogP contribution >= 0.6 is 0 Å². The molecule has 2 amide bonds. The molecule has 0 aromatic rings. The van der Waals surface area contributed by atoms with Gasteiger partial charge in [-0.3, -0.25) is 9.59 Å². The summed E-state index contributed by atoms with van der Waals surface area (Å²) in [4.78, 5) is 23.9. The first-order valence-corrected chi connectivity index (χ1v) is 4.67. The average Bonchev–Trinajstić information content (AvgIpc) is 2.13. The topological polar surface area (TPSA) is 75.4 Å². The maximum atomic E-state index is 11.3. The number of nitrogens with zero attached hydrogens (tertiary/aromatic N) is 1. The van der Waals surface area contributed by atoms with Crippen LogP contribution in [0.1, 0.15) is 13.3 Å². The molecule has 0 rings (SSSR count). The smallest absolute Gasteiger partial charge is 0.241 e. The number of nitrogens with one attached hydrogen (secondary N) is 1. The molecule has 5 heteroatoms. The molecular formula is C9H19N3O2. The van der Waals surface area contributed by atoms with Crippen molar-refractivity contribution in [3.05, 3.63) is 0 Å². The van der Waals surface area contributed by atoms with Crippen LogP contribution < -0.4 is 11.1 Å². The summed E-state index contributed by atoms with van der Waals surface area (Å²) in [6, 6.07) is 0. The Hall–Kier alpha value is -1.10. The monoisotopic (exact) mass is 201 g/mol. The molecule has 0 bridgehead atoms. The predicted molar refractivity (Wildman–Crippen MR) is 54.5 cm³/mol. The van der Waals surface area contributed by atoms with E-state index in [2.05, 4.69) is 5.32 Å². The molecule has 0 radical (unpaired) electrons. The van der Waals surface area contributed by atoms with Crippen molar-refractivity contribution in [3.8, 4) is 0 Å². The highest BCUT2D eigenvalue weighted by Gasteiger charge is 2.13. The summed E-state index contributed by atoms with van der Waals surface area (Å²) in [6.07, 6.45) is 0.641. The van der Waals surface area contributed by atoms with Gasteiger partial charge in [0.2, 0.25) is 11.8 Å². The minimum absolute atomic E-state index is 0.0563. The lowest BCUT2D eigenvalue weighted by Gasteiger charge is -2.13. The van der Waals surface area contributed by atoms with Gasteiger partial charge in [-0.1, -0.05) is 6.92 Å². The van der Waals surface area contributed by atoms with Crippen LogP contribution in [0.3, 0.4) is 0 Å². The van der Waals surface area contributed by atoms with Crippen LogP contribution in [-0.4, -0.2) is 43.9 Å². The highest BCUT2D eigenvalue weighted by atomic mass is 16.2. The fraction of sp³-hybridized carbons (Fsp3) is 0.778. The number of likely N-dealkylation sites (N-methyl/N-ethyl adjacent to an activating group) is 1. The SMILES string of the molecule is CC(CCN)C(=O)NCC(=O)N(C)C. The first-order valence-electron chi connectivity index (χ1n) is 4.67. The van der Waals surface area contributed by atoms with Crippen LogP contribution in [0, 0.1) is 5.92 Å². The lowest BCUT2D eigenvalue weighted by Crippen LogP contribution is -2.38. The van der Waals surface area contributed by atoms with Gasteiger partial charge in [-0.25, -0.2) is 0 Å². The van der Waals surface area contributed by atoms with Crippen molar-refractivity contribution in [3.63, 3.8) is 0 Å². The van der Waals surface area contributed by atoms with E-state index in [4.69, 9.17) is 5.73 Å². The van der Waals surface area contributed by atoms with Crippen molar-refractivity contribution >= 4 is 11.8 Å². The number of carbonyl (C=O) groups excluding carboxylic acids is 2. The molecule has 0 aliphatic carbocycles. The van der Waals surface area contributed by atoms with Gasteiger partial charge in [0.1, 0.15) is 0 Å². The highest BCUT2D eigenvalue weighted by molar-refractivity contribution is 5.85. The zero-order chi connectivity index (χ0) is 11.1. The molecule has 5 nitrogen and oxygen atoms in total. The van der Waals surface area contributed by atoms with E-state index < -0.39 is 0 Å². The van der Waals surface area contributed by atoms with Crippen molar-refractivity contribution < 1.29 is 9.59 Å². The molecular weight excluding hydrogens is 182 g/mol. The fourth-order valence-electron chi connectivity index (χ4n) is 0.876. The van der Waals surface area contributed by atoms with Crippen molar-refractivity contribution in [2.45, 2.75) is 13.3 Å². The Balaban J connectivity index is 3.79. The standard InChI is InChI=1S/C9H19N3O2/c1-7(4-5-10)9(14)11-6-8(13)12(2)3/h7H,4-6,10H2,1-3H3,(H,11,14). The zero-order valence-corrected chi connectivity index (χ0v) is 9.04. The van der Waals surface area contributed by atoms with Crippen LogP contribution in [-0.2, 0) is 9.59 Å². The Morgan fingerprint density at radius 3 is 2.43 bits per heavy atom. The fourth-order valence-corrected chi connectivity index (χ4v) is 0.876. The molecule has 0 fully saturated rings. The summed E-state index contributed by atoms with van der Waals surface area (Å²) < 4.78 is 0. The molecule has 0 aromatic carbocycles. The third-order valence-electron chi connectivity index (χ3n) is 1.96.